The van der Waals surface area contributed by atoms with Gasteiger partial charge >= 0.3 is 11.9 Å². The first-order valence-electron chi connectivity index (χ1n) is 6.81. The molecule has 0 unspecified atom stereocenters. The molecular formula is C13H21NO6. The number of carbonyl (C=O) groups is 2. The molecule has 0 aliphatic heterocycles. The molecule has 7 heteroatoms. The minimum atomic E-state index is -1.76. The molecule has 2 atom stereocenters. The lowest BCUT2D eigenvalue weighted by molar-refractivity contribution is -0.503. The molecule has 0 heterocycles. The van der Waals surface area contributed by atoms with Crippen LogP contribution in [0.15, 0.2) is 0 Å². The Labute approximate surface area is 117 Å². The second-order valence-electron chi connectivity index (χ2n) is 5.28. The van der Waals surface area contributed by atoms with Gasteiger partial charge in [-0.05, 0) is 26.2 Å². The highest BCUT2D eigenvalue weighted by Crippen LogP contribution is 2.59. The third kappa shape index (κ3) is 2.62. The monoisotopic (exact) mass is 287 g/mol. The molecule has 0 aromatic carbocycles. The highest BCUT2D eigenvalue weighted by molar-refractivity contribution is 6.05. The highest BCUT2D eigenvalue weighted by atomic mass is 16.6. The van der Waals surface area contributed by atoms with Crippen molar-refractivity contribution >= 4 is 11.9 Å². The van der Waals surface area contributed by atoms with Gasteiger partial charge in [0.25, 0.3) is 0 Å². The summed E-state index contributed by atoms with van der Waals surface area (Å²) in [6.07, 6.45) is 0.406. The number of nitrogens with zero attached hydrogens (tertiary/aromatic N) is 1. The fourth-order valence-electron chi connectivity index (χ4n) is 2.70. The van der Waals surface area contributed by atoms with E-state index in [4.69, 9.17) is 9.47 Å². The number of esters is 2. The van der Waals surface area contributed by atoms with Crippen LogP contribution < -0.4 is 0 Å². The van der Waals surface area contributed by atoms with Crippen LogP contribution in [0, 0.1) is 27.4 Å². The zero-order valence-electron chi connectivity index (χ0n) is 12.3. The molecule has 1 aliphatic carbocycles. The quantitative estimate of drug-likeness (QED) is 0.304. The van der Waals surface area contributed by atoms with E-state index in [1.165, 1.54) is 0 Å². The first kappa shape index (κ1) is 16.4. The van der Waals surface area contributed by atoms with Crippen molar-refractivity contribution in [2.45, 2.75) is 40.2 Å². The number of rotatable bonds is 7. The Balaban J connectivity index is 3.12. The molecule has 0 amide bonds. The maximum atomic E-state index is 12.1. The summed E-state index contributed by atoms with van der Waals surface area (Å²) < 4.78 is 9.77. The van der Waals surface area contributed by atoms with Gasteiger partial charge in [-0.3, -0.25) is 19.7 Å². The van der Waals surface area contributed by atoms with E-state index in [1.54, 1.807) is 13.8 Å². The standard InChI is InChI=1S/C13H21NO6/c1-5-19-11(15)13(12(16)20-6-2)9(7-8(3)4)10(13)14(17)18/h8-10H,5-7H2,1-4H3/t9-,10-/m1/s1. The first-order valence-corrected chi connectivity index (χ1v) is 6.81. The average Bonchev–Trinajstić information content (AvgIpc) is 2.98. The van der Waals surface area contributed by atoms with Crippen molar-refractivity contribution in [3.8, 4) is 0 Å². The molecule has 1 fully saturated rings. The van der Waals surface area contributed by atoms with E-state index in [-0.39, 0.29) is 19.1 Å². The molecule has 114 valence electrons. The van der Waals surface area contributed by atoms with Crippen molar-refractivity contribution in [2.24, 2.45) is 17.3 Å². The molecule has 0 aromatic heterocycles. The summed E-state index contributed by atoms with van der Waals surface area (Å²) >= 11 is 0. The molecular weight excluding hydrogens is 266 g/mol. The summed E-state index contributed by atoms with van der Waals surface area (Å²) in [6, 6.07) is -1.25. The molecule has 1 aliphatic rings. The smallest absolute Gasteiger partial charge is 0.331 e. The lowest BCUT2D eigenvalue weighted by Crippen LogP contribution is -2.35. The van der Waals surface area contributed by atoms with Crippen molar-refractivity contribution in [1.29, 1.82) is 0 Å². The minimum Gasteiger partial charge on any atom is -0.465 e. The van der Waals surface area contributed by atoms with Gasteiger partial charge in [0, 0.05) is 4.92 Å². The molecule has 0 N–H and O–H groups in total. The second-order valence-corrected chi connectivity index (χ2v) is 5.28. The fourth-order valence-corrected chi connectivity index (χ4v) is 2.70. The summed E-state index contributed by atoms with van der Waals surface area (Å²) in [5.74, 6) is -2.21. The van der Waals surface area contributed by atoms with Crippen LogP contribution in [0.4, 0.5) is 0 Å². The third-order valence-corrected chi connectivity index (χ3v) is 3.50. The predicted molar refractivity (Wildman–Crippen MR) is 69.4 cm³/mol. The summed E-state index contributed by atoms with van der Waals surface area (Å²) in [4.78, 5) is 34.9. The van der Waals surface area contributed by atoms with Crippen LogP contribution in [-0.2, 0) is 19.1 Å². The number of hydrogen-bond acceptors (Lipinski definition) is 6. The predicted octanol–water partition coefficient (Wildman–Crippen LogP) is 1.42. The van der Waals surface area contributed by atoms with Gasteiger partial charge in [-0.25, -0.2) is 0 Å². The van der Waals surface area contributed by atoms with Crippen molar-refractivity contribution in [2.75, 3.05) is 13.2 Å². The van der Waals surface area contributed by atoms with Gasteiger partial charge in [0.2, 0.25) is 11.5 Å². The zero-order chi connectivity index (χ0) is 15.5. The molecule has 0 bridgehead atoms. The second kappa shape index (κ2) is 6.19. The van der Waals surface area contributed by atoms with E-state index in [0.29, 0.717) is 6.42 Å². The van der Waals surface area contributed by atoms with Crippen LogP contribution >= 0.6 is 0 Å². The lowest BCUT2D eigenvalue weighted by atomic mass is 9.97. The van der Waals surface area contributed by atoms with Gasteiger partial charge in [0.05, 0.1) is 19.1 Å². The Hall–Kier alpha value is -1.66. The summed E-state index contributed by atoms with van der Waals surface area (Å²) in [6.45, 7) is 7.10. The van der Waals surface area contributed by atoms with Crippen molar-refractivity contribution in [3.63, 3.8) is 0 Å². The molecule has 1 saturated carbocycles. The maximum absolute atomic E-state index is 12.1. The van der Waals surface area contributed by atoms with E-state index in [2.05, 4.69) is 0 Å². The van der Waals surface area contributed by atoms with Gasteiger partial charge in [-0.2, -0.15) is 0 Å². The van der Waals surface area contributed by atoms with E-state index in [0.717, 1.165) is 0 Å². The molecule has 1 rings (SSSR count). The number of carbonyl (C=O) groups excluding carboxylic acids is 2. The van der Waals surface area contributed by atoms with E-state index in [1.807, 2.05) is 13.8 Å². The lowest BCUT2D eigenvalue weighted by Gasteiger charge is -2.13. The normalized spacial score (nSPS) is 23.2. The van der Waals surface area contributed by atoms with Crippen LogP contribution in [0.3, 0.4) is 0 Å². The SMILES string of the molecule is CCOC(=O)C1(C(=O)OCC)[C@H](CC(C)C)[C@H]1[N+](=O)[O-]. The Morgan fingerprint density at radius 1 is 1.20 bits per heavy atom. The van der Waals surface area contributed by atoms with E-state index < -0.39 is 34.2 Å². The Morgan fingerprint density at radius 2 is 1.65 bits per heavy atom. The van der Waals surface area contributed by atoms with Gasteiger partial charge in [0.1, 0.15) is 0 Å². The molecule has 0 spiro atoms. The topological polar surface area (TPSA) is 95.7 Å². The molecule has 7 nitrogen and oxygen atoms in total. The highest BCUT2D eigenvalue weighted by Gasteiger charge is 2.84. The van der Waals surface area contributed by atoms with Gasteiger partial charge in [0.15, 0.2) is 0 Å². The summed E-state index contributed by atoms with van der Waals surface area (Å²) in [5.41, 5.74) is -1.76. The first-order chi connectivity index (χ1) is 9.33. The van der Waals surface area contributed by atoms with Crippen LogP contribution in [-0.4, -0.2) is 36.1 Å². The van der Waals surface area contributed by atoms with Gasteiger partial charge in [-0.15, -0.1) is 0 Å². The van der Waals surface area contributed by atoms with Crippen molar-refractivity contribution in [1.82, 2.24) is 0 Å². The number of nitro groups is 1. The summed E-state index contributed by atoms with van der Waals surface area (Å²) in [7, 11) is 0. The van der Waals surface area contributed by atoms with Crippen LogP contribution in [0.2, 0.25) is 0 Å². The van der Waals surface area contributed by atoms with E-state index in [9.17, 15) is 19.7 Å². The van der Waals surface area contributed by atoms with Crippen molar-refractivity contribution < 1.29 is 24.0 Å². The van der Waals surface area contributed by atoms with E-state index >= 15 is 0 Å². The largest absolute Gasteiger partial charge is 0.465 e. The van der Waals surface area contributed by atoms with Gasteiger partial charge < -0.3 is 9.47 Å². The number of hydrogen-bond donors (Lipinski definition) is 0. The Morgan fingerprint density at radius 3 is 1.95 bits per heavy atom. The zero-order valence-corrected chi connectivity index (χ0v) is 12.3. The Kier molecular flexibility index (Phi) is 5.08. The molecule has 0 radical (unpaired) electrons. The minimum absolute atomic E-state index is 0.0683. The molecule has 0 saturated heterocycles. The molecule has 0 aromatic rings. The average molecular weight is 287 g/mol. The van der Waals surface area contributed by atoms with Crippen LogP contribution in [0.5, 0.6) is 0 Å². The third-order valence-electron chi connectivity index (χ3n) is 3.50. The molecule has 20 heavy (non-hydrogen) atoms. The Bertz CT molecular complexity index is 388. The van der Waals surface area contributed by atoms with Gasteiger partial charge in [-0.1, -0.05) is 13.8 Å². The number of ether oxygens (including phenoxy) is 2. The van der Waals surface area contributed by atoms with Crippen LogP contribution in [0.25, 0.3) is 0 Å². The maximum Gasteiger partial charge on any atom is 0.331 e. The summed E-state index contributed by atoms with van der Waals surface area (Å²) in [5, 5.41) is 11.2. The van der Waals surface area contributed by atoms with Crippen molar-refractivity contribution in [3.05, 3.63) is 10.1 Å². The fraction of sp³-hybridized carbons (Fsp3) is 0.846. The van der Waals surface area contributed by atoms with Crippen LogP contribution in [0.1, 0.15) is 34.1 Å².